The van der Waals surface area contributed by atoms with E-state index in [0.717, 1.165) is 25.7 Å². The molecule has 3 saturated carbocycles. The van der Waals surface area contributed by atoms with Crippen molar-refractivity contribution in [3.8, 4) is 0 Å². The molecule has 4 aliphatic carbocycles. The molecule has 0 aliphatic heterocycles. The van der Waals surface area contributed by atoms with Gasteiger partial charge in [-0.3, -0.25) is 14.4 Å². The van der Waals surface area contributed by atoms with Crippen LogP contribution in [-0.2, 0) is 19.1 Å². The van der Waals surface area contributed by atoms with E-state index in [2.05, 4.69) is 19.9 Å². The highest BCUT2D eigenvalue weighted by Gasteiger charge is 2.67. The lowest BCUT2D eigenvalue weighted by Gasteiger charge is -2.56. The van der Waals surface area contributed by atoms with Crippen LogP contribution in [0.3, 0.4) is 0 Å². The number of rotatable bonds is 3. The lowest BCUT2D eigenvalue weighted by molar-refractivity contribution is -0.167. The van der Waals surface area contributed by atoms with E-state index in [1.807, 2.05) is 6.92 Å². The summed E-state index contributed by atoms with van der Waals surface area (Å²) >= 11 is 0. The number of aliphatic hydroxyl groups is 1. The molecule has 160 valence electrons. The van der Waals surface area contributed by atoms with Crippen molar-refractivity contribution in [2.75, 3.05) is 6.61 Å². The van der Waals surface area contributed by atoms with E-state index in [1.54, 1.807) is 0 Å². The predicted octanol–water partition coefficient (Wildman–Crippen LogP) is 3.63. The van der Waals surface area contributed by atoms with Gasteiger partial charge in [-0.05, 0) is 61.2 Å². The molecule has 0 heterocycles. The number of fused-ring (bicyclic) bond motifs is 5. The summed E-state index contributed by atoms with van der Waals surface area (Å²) in [4.78, 5) is 36.3. The van der Waals surface area contributed by atoms with Crippen LogP contribution in [0.1, 0.15) is 72.6 Å². The number of ketones is 2. The number of carbonyl (C=O) groups is 3. The predicted molar refractivity (Wildman–Crippen MR) is 108 cm³/mol. The zero-order chi connectivity index (χ0) is 21.2. The van der Waals surface area contributed by atoms with Gasteiger partial charge in [0.1, 0.15) is 11.4 Å². The molecule has 0 spiro atoms. The Hall–Kier alpha value is -1.49. The highest BCUT2D eigenvalue weighted by molar-refractivity contribution is 5.91. The molecule has 7 atom stereocenters. The Morgan fingerprint density at radius 3 is 2.69 bits per heavy atom. The SMILES string of the molecule is CC(=O)OCC(=O)[C@@]1(O)[C@H](C)C[C@H]2[C@@H]3CC[C@H]4CC(=O)CC[C@]4(C)C3=CC[C@@]21C. The Labute approximate surface area is 173 Å². The molecule has 4 aliphatic rings. The number of allylic oxidation sites excluding steroid dienone is 2. The van der Waals surface area contributed by atoms with Gasteiger partial charge in [0.05, 0.1) is 0 Å². The number of hydrogen-bond donors (Lipinski definition) is 1. The molecule has 0 aromatic carbocycles. The molecule has 29 heavy (non-hydrogen) atoms. The number of Topliss-reactive ketones (excluding diaryl/α,β-unsaturated/α-hetero) is 2. The van der Waals surface area contributed by atoms with Crippen LogP contribution in [0.5, 0.6) is 0 Å². The van der Waals surface area contributed by atoms with Crippen molar-refractivity contribution in [2.45, 2.75) is 78.2 Å². The summed E-state index contributed by atoms with van der Waals surface area (Å²) in [6.45, 7) is 7.27. The van der Waals surface area contributed by atoms with Crippen LogP contribution >= 0.6 is 0 Å². The fraction of sp³-hybridized carbons (Fsp3) is 0.792. The van der Waals surface area contributed by atoms with Crippen molar-refractivity contribution < 1.29 is 24.2 Å². The highest BCUT2D eigenvalue weighted by atomic mass is 16.5. The number of carbonyl (C=O) groups excluding carboxylic acids is 3. The monoisotopic (exact) mass is 402 g/mol. The summed E-state index contributed by atoms with van der Waals surface area (Å²) in [6.07, 6.45) is 8.13. The van der Waals surface area contributed by atoms with E-state index in [0.29, 0.717) is 36.9 Å². The molecular formula is C24H34O5. The Balaban J connectivity index is 1.67. The summed E-state index contributed by atoms with van der Waals surface area (Å²) in [5.74, 6) is 0.376. The first-order chi connectivity index (χ1) is 13.5. The van der Waals surface area contributed by atoms with Gasteiger partial charge in [0.15, 0.2) is 6.61 Å². The van der Waals surface area contributed by atoms with E-state index in [1.165, 1.54) is 12.5 Å². The standard InChI is InChI=1S/C24H34O5/c1-14-11-20-18-6-5-16-12-17(26)7-9-22(16,3)19(18)8-10-23(20,4)24(14,28)21(27)13-29-15(2)25/h8,14,16,18,20,28H,5-7,9-13H2,1-4H3/t14-,16+,18-,20+,22+,23+,24+/m1/s1. The molecule has 0 amide bonds. The second kappa shape index (κ2) is 6.76. The van der Waals surface area contributed by atoms with E-state index in [4.69, 9.17) is 4.74 Å². The summed E-state index contributed by atoms with van der Waals surface area (Å²) in [6, 6.07) is 0. The van der Waals surface area contributed by atoms with Gasteiger partial charge >= 0.3 is 5.97 Å². The van der Waals surface area contributed by atoms with Gasteiger partial charge in [0.25, 0.3) is 0 Å². The fourth-order valence-electron chi connectivity index (χ4n) is 7.53. The first kappa shape index (κ1) is 20.8. The molecule has 0 aromatic rings. The van der Waals surface area contributed by atoms with Crippen LogP contribution < -0.4 is 0 Å². The molecule has 5 nitrogen and oxygen atoms in total. The molecule has 5 heteroatoms. The van der Waals surface area contributed by atoms with E-state index in [9.17, 15) is 19.5 Å². The second-order valence-electron chi connectivity index (χ2n) is 10.5. The van der Waals surface area contributed by atoms with Crippen LogP contribution in [0, 0.1) is 34.5 Å². The van der Waals surface area contributed by atoms with Crippen LogP contribution in [0.4, 0.5) is 0 Å². The van der Waals surface area contributed by atoms with E-state index < -0.39 is 17.0 Å². The van der Waals surface area contributed by atoms with Crippen molar-refractivity contribution in [3.05, 3.63) is 11.6 Å². The van der Waals surface area contributed by atoms with Gasteiger partial charge in [-0.25, -0.2) is 0 Å². The molecular weight excluding hydrogens is 368 g/mol. The first-order valence-corrected chi connectivity index (χ1v) is 11.2. The molecule has 3 fully saturated rings. The Morgan fingerprint density at radius 2 is 2.00 bits per heavy atom. The smallest absolute Gasteiger partial charge is 0.303 e. The first-order valence-electron chi connectivity index (χ1n) is 11.2. The van der Waals surface area contributed by atoms with Crippen LogP contribution in [0.25, 0.3) is 0 Å². The lowest BCUT2D eigenvalue weighted by Crippen LogP contribution is -2.58. The van der Waals surface area contributed by atoms with Crippen LogP contribution in [-0.4, -0.2) is 34.9 Å². The van der Waals surface area contributed by atoms with Crippen molar-refractivity contribution in [1.29, 1.82) is 0 Å². The Morgan fingerprint density at radius 1 is 1.28 bits per heavy atom. The van der Waals surface area contributed by atoms with Crippen LogP contribution in [0.15, 0.2) is 11.6 Å². The molecule has 0 aromatic heterocycles. The molecule has 0 bridgehead atoms. The Bertz CT molecular complexity index is 784. The van der Waals surface area contributed by atoms with Gasteiger partial charge in [0, 0.05) is 25.2 Å². The lowest BCUT2D eigenvalue weighted by atomic mass is 9.48. The quantitative estimate of drug-likeness (QED) is 0.576. The third-order valence-electron chi connectivity index (χ3n) is 9.26. The molecule has 1 N–H and O–H groups in total. The number of esters is 1. The number of hydrogen-bond acceptors (Lipinski definition) is 5. The maximum absolute atomic E-state index is 13.0. The molecule has 0 unspecified atom stereocenters. The second-order valence-corrected chi connectivity index (χ2v) is 10.5. The Kier molecular flexibility index (Phi) is 4.84. The minimum Gasteiger partial charge on any atom is -0.458 e. The molecule has 4 rings (SSSR count). The zero-order valence-corrected chi connectivity index (χ0v) is 18.1. The summed E-state index contributed by atoms with van der Waals surface area (Å²) in [7, 11) is 0. The van der Waals surface area contributed by atoms with E-state index in [-0.39, 0.29) is 29.6 Å². The average molecular weight is 403 g/mol. The van der Waals surface area contributed by atoms with Crippen molar-refractivity contribution in [1.82, 2.24) is 0 Å². The van der Waals surface area contributed by atoms with Gasteiger partial charge < -0.3 is 9.84 Å². The van der Waals surface area contributed by atoms with Gasteiger partial charge in [-0.2, -0.15) is 0 Å². The topological polar surface area (TPSA) is 80.7 Å². The summed E-state index contributed by atoms with van der Waals surface area (Å²) < 4.78 is 4.96. The minimum atomic E-state index is -1.48. The average Bonchev–Trinajstić information content (AvgIpc) is 2.88. The van der Waals surface area contributed by atoms with Gasteiger partial charge in [0.2, 0.25) is 5.78 Å². The number of ether oxygens (including phenoxy) is 1. The summed E-state index contributed by atoms with van der Waals surface area (Å²) in [5.41, 5.74) is -0.474. The van der Waals surface area contributed by atoms with Gasteiger partial charge in [-0.1, -0.05) is 32.4 Å². The largest absolute Gasteiger partial charge is 0.458 e. The molecule has 0 saturated heterocycles. The van der Waals surface area contributed by atoms with Crippen LogP contribution in [0.2, 0.25) is 0 Å². The zero-order valence-electron chi connectivity index (χ0n) is 18.1. The minimum absolute atomic E-state index is 0.0733. The van der Waals surface area contributed by atoms with Gasteiger partial charge in [-0.15, -0.1) is 0 Å². The molecule has 0 radical (unpaired) electrons. The maximum Gasteiger partial charge on any atom is 0.303 e. The highest BCUT2D eigenvalue weighted by Crippen LogP contribution is 2.67. The third kappa shape index (κ3) is 2.79. The fourth-order valence-corrected chi connectivity index (χ4v) is 7.53. The van der Waals surface area contributed by atoms with E-state index >= 15 is 0 Å². The maximum atomic E-state index is 13.0. The summed E-state index contributed by atoms with van der Waals surface area (Å²) in [5, 5.41) is 11.7. The van der Waals surface area contributed by atoms with Crippen molar-refractivity contribution in [3.63, 3.8) is 0 Å². The van der Waals surface area contributed by atoms with Crippen molar-refractivity contribution in [2.24, 2.45) is 34.5 Å². The van der Waals surface area contributed by atoms with Crippen molar-refractivity contribution >= 4 is 17.5 Å². The normalized spacial score (nSPS) is 46.2. The third-order valence-corrected chi connectivity index (χ3v) is 9.26.